The lowest BCUT2D eigenvalue weighted by Crippen LogP contribution is -2.31. The molecule has 1 heterocycles. The largest absolute Gasteiger partial charge is 0.460 e. The van der Waals surface area contributed by atoms with E-state index in [9.17, 15) is 18.0 Å². The SMILES string of the molecule is CCN(CC)S(=O)(=O)c1ccc(N2CCCC2)c(C(=O)OCC(=O)OC(C)C)c1. The highest BCUT2D eigenvalue weighted by Gasteiger charge is 2.27. The molecular formula is C20H30N2O6S. The van der Waals surface area contributed by atoms with E-state index in [1.54, 1.807) is 33.8 Å². The van der Waals surface area contributed by atoms with Crippen LogP contribution in [0.2, 0.25) is 0 Å². The molecule has 2 rings (SSSR count). The van der Waals surface area contributed by atoms with E-state index in [-0.39, 0.29) is 16.6 Å². The zero-order chi connectivity index (χ0) is 21.6. The van der Waals surface area contributed by atoms with Gasteiger partial charge in [0.05, 0.1) is 22.3 Å². The van der Waals surface area contributed by atoms with Gasteiger partial charge in [0.25, 0.3) is 0 Å². The van der Waals surface area contributed by atoms with E-state index in [1.165, 1.54) is 16.4 Å². The van der Waals surface area contributed by atoms with Gasteiger partial charge in [-0.05, 0) is 44.9 Å². The fraction of sp³-hybridized carbons (Fsp3) is 0.600. The zero-order valence-electron chi connectivity index (χ0n) is 17.5. The van der Waals surface area contributed by atoms with Crippen molar-refractivity contribution >= 4 is 27.6 Å². The summed E-state index contributed by atoms with van der Waals surface area (Å²) in [7, 11) is -3.73. The first-order chi connectivity index (χ1) is 13.7. The molecule has 29 heavy (non-hydrogen) atoms. The van der Waals surface area contributed by atoms with Crippen molar-refractivity contribution in [3.8, 4) is 0 Å². The Kier molecular flexibility index (Phi) is 8.04. The van der Waals surface area contributed by atoms with Gasteiger partial charge >= 0.3 is 11.9 Å². The molecule has 0 N–H and O–H groups in total. The predicted molar refractivity (Wildman–Crippen MR) is 110 cm³/mol. The summed E-state index contributed by atoms with van der Waals surface area (Å²) in [6.07, 6.45) is 1.67. The van der Waals surface area contributed by atoms with Crippen LogP contribution in [0.15, 0.2) is 23.1 Å². The molecule has 0 saturated carbocycles. The summed E-state index contributed by atoms with van der Waals surface area (Å²) >= 11 is 0. The number of anilines is 1. The molecule has 1 aliphatic rings. The monoisotopic (exact) mass is 426 g/mol. The van der Waals surface area contributed by atoms with Crippen LogP contribution in [0.1, 0.15) is 50.9 Å². The quantitative estimate of drug-likeness (QED) is 0.560. The number of carbonyl (C=O) groups is 2. The lowest BCUT2D eigenvalue weighted by atomic mass is 10.1. The number of benzene rings is 1. The standard InChI is InChI=1S/C20H30N2O6S/c1-5-22(6-2)29(25,26)16-9-10-18(21-11-7-8-12-21)17(13-16)20(24)27-14-19(23)28-15(3)4/h9-10,13,15H,5-8,11-12,14H2,1-4H3. The number of carbonyl (C=O) groups excluding carboxylic acids is 2. The Morgan fingerprint density at radius 1 is 1.14 bits per heavy atom. The van der Waals surface area contributed by atoms with Crippen molar-refractivity contribution in [1.29, 1.82) is 0 Å². The van der Waals surface area contributed by atoms with Crippen molar-refractivity contribution in [2.45, 2.75) is 51.5 Å². The summed E-state index contributed by atoms with van der Waals surface area (Å²) in [5.74, 6) is -1.40. The Morgan fingerprint density at radius 3 is 2.31 bits per heavy atom. The van der Waals surface area contributed by atoms with Crippen LogP contribution in [0, 0.1) is 0 Å². The summed E-state index contributed by atoms with van der Waals surface area (Å²) in [5, 5.41) is 0. The molecule has 1 fully saturated rings. The average Bonchev–Trinajstić information content (AvgIpc) is 3.20. The van der Waals surface area contributed by atoms with Gasteiger partial charge < -0.3 is 14.4 Å². The highest BCUT2D eigenvalue weighted by Crippen LogP contribution is 2.29. The van der Waals surface area contributed by atoms with Gasteiger partial charge in [0, 0.05) is 26.2 Å². The van der Waals surface area contributed by atoms with E-state index >= 15 is 0 Å². The third-order valence-electron chi connectivity index (χ3n) is 4.67. The van der Waals surface area contributed by atoms with Gasteiger partial charge in [0.2, 0.25) is 10.0 Å². The Balaban J connectivity index is 2.35. The first-order valence-electron chi connectivity index (χ1n) is 9.96. The highest BCUT2D eigenvalue weighted by molar-refractivity contribution is 7.89. The molecule has 1 aromatic carbocycles. The third kappa shape index (κ3) is 5.70. The van der Waals surface area contributed by atoms with Crippen LogP contribution in [-0.4, -0.2) is 63.6 Å². The number of hydrogen-bond donors (Lipinski definition) is 0. The van der Waals surface area contributed by atoms with Gasteiger partial charge in [-0.1, -0.05) is 13.8 Å². The average molecular weight is 427 g/mol. The van der Waals surface area contributed by atoms with E-state index in [0.29, 0.717) is 18.8 Å². The fourth-order valence-electron chi connectivity index (χ4n) is 3.28. The van der Waals surface area contributed by atoms with Crippen molar-refractivity contribution in [3.05, 3.63) is 23.8 Å². The minimum atomic E-state index is -3.73. The lowest BCUT2D eigenvalue weighted by Gasteiger charge is -2.23. The number of rotatable bonds is 9. The Bertz CT molecular complexity index is 827. The van der Waals surface area contributed by atoms with Gasteiger partial charge in [0.15, 0.2) is 6.61 Å². The van der Waals surface area contributed by atoms with Gasteiger partial charge in [-0.25, -0.2) is 18.0 Å². The molecule has 0 bridgehead atoms. The molecule has 0 spiro atoms. The minimum absolute atomic E-state index is 0.0286. The maximum Gasteiger partial charge on any atom is 0.344 e. The summed E-state index contributed by atoms with van der Waals surface area (Å²) in [5.41, 5.74) is 0.751. The number of hydrogen-bond acceptors (Lipinski definition) is 7. The fourth-order valence-corrected chi connectivity index (χ4v) is 4.77. The van der Waals surface area contributed by atoms with E-state index in [2.05, 4.69) is 0 Å². The second-order valence-corrected chi connectivity index (χ2v) is 9.02. The Morgan fingerprint density at radius 2 is 1.76 bits per heavy atom. The number of esters is 2. The van der Waals surface area contributed by atoms with E-state index in [1.807, 2.05) is 4.90 Å². The topological polar surface area (TPSA) is 93.2 Å². The minimum Gasteiger partial charge on any atom is -0.460 e. The van der Waals surface area contributed by atoms with Crippen LogP contribution < -0.4 is 4.90 Å². The van der Waals surface area contributed by atoms with Crippen molar-refractivity contribution < 1.29 is 27.5 Å². The summed E-state index contributed by atoms with van der Waals surface area (Å²) < 4.78 is 37.2. The van der Waals surface area contributed by atoms with Gasteiger partial charge in [-0.15, -0.1) is 0 Å². The van der Waals surface area contributed by atoms with Gasteiger partial charge in [-0.3, -0.25) is 0 Å². The van der Waals surface area contributed by atoms with E-state index in [0.717, 1.165) is 25.9 Å². The summed E-state index contributed by atoms with van der Waals surface area (Å²) in [6.45, 7) is 8.60. The zero-order valence-corrected chi connectivity index (χ0v) is 18.3. The molecule has 9 heteroatoms. The van der Waals surface area contributed by atoms with Crippen molar-refractivity contribution in [2.24, 2.45) is 0 Å². The van der Waals surface area contributed by atoms with E-state index in [4.69, 9.17) is 9.47 Å². The van der Waals surface area contributed by atoms with Crippen LogP contribution >= 0.6 is 0 Å². The van der Waals surface area contributed by atoms with Gasteiger partial charge in [-0.2, -0.15) is 4.31 Å². The number of nitrogens with zero attached hydrogens (tertiary/aromatic N) is 2. The normalized spacial score (nSPS) is 14.5. The maximum atomic E-state index is 12.9. The second-order valence-electron chi connectivity index (χ2n) is 7.08. The molecule has 1 saturated heterocycles. The first-order valence-corrected chi connectivity index (χ1v) is 11.4. The molecule has 0 radical (unpaired) electrons. The van der Waals surface area contributed by atoms with Crippen LogP contribution in [0.3, 0.4) is 0 Å². The summed E-state index contributed by atoms with van der Waals surface area (Å²) in [4.78, 5) is 26.5. The lowest BCUT2D eigenvalue weighted by molar-refractivity contribution is -0.150. The molecule has 1 aromatic rings. The van der Waals surface area contributed by atoms with Crippen LogP contribution in [-0.2, 0) is 24.3 Å². The Hall–Kier alpha value is -2.13. The number of ether oxygens (including phenoxy) is 2. The van der Waals surface area contributed by atoms with E-state index < -0.39 is 28.6 Å². The maximum absolute atomic E-state index is 12.9. The molecule has 0 aromatic heterocycles. The molecule has 1 aliphatic heterocycles. The molecule has 8 nitrogen and oxygen atoms in total. The van der Waals surface area contributed by atoms with Crippen molar-refractivity contribution in [3.63, 3.8) is 0 Å². The van der Waals surface area contributed by atoms with Crippen LogP contribution in [0.4, 0.5) is 5.69 Å². The molecule has 162 valence electrons. The smallest absolute Gasteiger partial charge is 0.344 e. The highest BCUT2D eigenvalue weighted by atomic mass is 32.2. The third-order valence-corrected chi connectivity index (χ3v) is 6.71. The molecular weight excluding hydrogens is 396 g/mol. The van der Waals surface area contributed by atoms with Crippen LogP contribution in [0.25, 0.3) is 0 Å². The Labute approximate surface area is 172 Å². The molecule has 0 atom stereocenters. The van der Waals surface area contributed by atoms with Crippen LogP contribution in [0.5, 0.6) is 0 Å². The van der Waals surface area contributed by atoms with Crippen molar-refractivity contribution in [2.75, 3.05) is 37.7 Å². The molecule has 0 unspecified atom stereocenters. The molecule has 0 aliphatic carbocycles. The second kappa shape index (κ2) is 10.1. The molecule has 0 amide bonds. The first kappa shape index (κ1) is 23.2. The number of sulfonamides is 1. The van der Waals surface area contributed by atoms with Crippen molar-refractivity contribution in [1.82, 2.24) is 4.31 Å². The predicted octanol–water partition coefficient (Wildman–Crippen LogP) is 2.43. The summed E-state index contributed by atoms with van der Waals surface area (Å²) in [6, 6.07) is 4.51. The van der Waals surface area contributed by atoms with Gasteiger partial charge in [0.1, 0.15) is 0 Å².